The molecule has 1 aliphatic heterocycles. The lowest BCUT2D eigenvalue weighted by molar-refractivity contribution is -0.138. The second-order valence-electron chi connectivity index (χ2n) is 4.65. The molecule has 0 aromatic carbocycles. The third-order valence-corrected chi connectivity index (χ3v) is 2.77. The molecule has 3 nitrogen and oxygen atoms in total. The second-order valence-corrected chi connectivity index (χ2v) is 4.65. The number of hydrogen-bond acceptors (Lipinski definition) is 3. The standard InChI is InChI=1S/C14H22O3/c1-5-11-9-12(14(15)16-6-2)13(17-11)8-7-10(3)4/h5,10-11H,1,6-9H2,2-4H3. The molecule has 1 aliphatic rings. The van der Waals surface area contributed by atoms with Crippen LogP contribution in [0.25, 0.3) is 0 Å². The lowest BCUT2D eigenvalue weighted by atomic mass is 10.0. The van der Waals surface area contributed by atoms with Crippen molar-refractivity contribution < 1.29 is 14.3 Å². The van der Waals surface area contributed by atoms with Gasteiger partial charge in [-0.15, -0.1) is 0 Å². The van der Waals surface area contributed by atoms with Gasteiger partial charge in [0.1, 0.15) is 11.9 Å². The Hall–Kier alpha value is -1.25. The number of esters is 1. The zero-order valence-electron chi connectivity index (χ0n) is 11.0. The van der Waals surface area contributed by atoms with Crippen LogP contribution in [0.2, 0.25) is 0 Å². The molecule has 0 radical (unpaired) electrons. The molecule has 0 aromatic heterocycles. The lowest BCUT2D eigenvalue weighted by Gasteiger charge is -2.10. The Morgan fingerprint density at radius 3 is 2.88 bits per heavy atom. The Morgan fingerprint density at radius 1 is 1.65 bits per heavy atom. The van der Waals surface area contributed by atoms with Crippen molar-refractivity contribution in [2.45, 2.75) is 46.1 Å². The first-order chi connectivity index (χ1) is 8.08. The van der Waals surface area contributed by atoms with Gasteiger partial charge in [-0.2, -0.15) is 0 Å². The quantitative estimate of drug-likeness (QED) is 0.526. The molecule has 0 saturated heterocycles. The monoisotopic (exact) mass is 238 g/mol. The maximum Gasteiger partial charge on any atom is 0.337 e. The highest BCUT2D eigenvalue weighted by atomic mass is 16.5. The fourth-order valence-corrected chi connectivity index (χ4v) is 1.79. The van der Waals surface area contributed by atoms with Crippen molar-refractivity contribution in [3.63, 3.8) is 0 Å². The maximum absolute atomic E-state index is 11.8. The summed E-state index contributed by atoms with van der Waals surface area (Å²) in [6.07, 6.45) is 4.08. The molecule has 0 aliphatic carbocycles. The van der Waals surface area contributed by atoms with Crippen LogP contribution in [0.15, 0.2) is 24.0 Å². The fourth-order valence-electron chi connectivity index (χ4n) is 1.79. The van der Waals surface area contributed by atoms with E-state index in [1.165, 1.54) is 0 Å². The van der Waals surface area contributed by atoms with Gasteiger partial charge in [0.15, 0.2) is 0 Å². The highest BCUT2D eigenvalue weighted by Gasteiger charge is 2.28. The smallest absolute Gasteiger partial charge is 0.337 e. The van der Waals surface area contributed by atoms with E-state index in [1.807, 2.05) is 6.92 Å². The molecule has 1 rings (SSSR count). The number of hydrogen-bond donors (Lipinski definition) is 0. The van der Waals surface area contributed by atoms with Crippen molar-refractivity contribution in [1.29, 1.82) is 0 Å². The molecule has 1 atom stereocenters. The van der Waals surface area contributed by atoms with Crippen LogP contribution in [0, 0.1) is 5.92 Å². The van der Waals surface area contributed by atoms with Crippen LogP contribution in [-0.2, 0) is 14.3 Å². The Labute approximate surface area is 103 Å². The van der Waals surface area contributed by atoms with Gasteiger partial charge in [-0.3, -0.25) is 0 Å². The van der Waals surface area contributed by atoms with E-state index in [2.05, 4.69) is 20.4 Å². The number of rotatable bonds is 6. The predicted octanol–water partition coefficient (Wildman–Crippen LogP) is 3.21. The van der Waals surface area contributed by atoms with E-state index in [0.717, 1.165) is 18.6 Å². The van der Waals surface area contributed by atoms with Gasteiger partial charge in [-0.25, -0.2) is 4.79 Å². The average Bonchev–Trinajstić information content (AvgIpc) is 2.70. The molecule has 17 heavy (non-hydrogen) atoms. The summed E-state index contributed by atoms with van der Waals surface area (Å²) in [5.41, 5.74) is 0.692. The summed E-state index contributed by atoms with van der Waals surface area (Å²) < 4.78 is 10.7. The normalized spacial score (nSPS) is 19.4. The molecule has 96 valence electrons. The molecule has 0 bridgehead atoms. The molecule has 0 spiro atoms. The van der Waals surface area contributed by atoms with E-state index in [0.29, 0.717) is 24.5 Å². The van der Waals surface area contributed by atoms with Crippen LogP contribution < -0.4 is 0 Å². The number of ether oxygens (including phenoxy) is 2. The maximum atomic E-state index is 11.8. The van der Waals surface area contributed by atoms with E-state index in [9.17, 15) is 4.79 Å². The van der Waals surface area contributed by atoms with Crippen LogP contribution in [0.3, 0.4) is 0 Å². The van der Waals surface area contributed by atoms with Gasteiger partial charge in [0.05, 0.1) is 12.2 Å². The van der Waals surface area contributed by atoms with Crippen LogP contribution in [0.4, 0.5) is 0 Å². The SMILES string of the molecule is C=CC1CC(C(=O)OCC)=C(CCC(C)C)O1. The Kier molecular flexibility index (Phi) is 5.26. The summed E-state index contributed by atoms with van der Waals surface area (Å²) in [4.78, 5) is 11.8. The third kappa shape index (κ3) is 3.91. The summed E-state index contributed by atoms with van der Waals surface area (Å²) in [7, 11) is 0. The molecule has 0 fully saturated rings. The molecular weight excluding hydrogens is 216 g/mol. The van der Waals surface area contributed by atoms with E-state index in [1.54, 1.807) is 6.08 Å². The molecule has 0 amide bonds. The Balaban J connectivity index is 2.71. The van der Waals surface area contributed by atoms with E-state index in [4.69, 9.17) is 9.47 Å². The minimum atomic E-state index is -0.240. The second kappa shape index (κ2) is 6.48. The zero-order valence-corrected chi connectivity index (χ0v) is 11.0. The van der Waals surface area contributed by atoms with Gasteiger partial charge in [0.2, 0.25) is 0 Å². The lowest BCUT2D eigenvalue weighted by Crippen LogP contribution is -2.09. The summed E-state index contributed by atoms with van der Waals surface area (Å²) in [5, 5.41) is 0. The topological polar surface area (TPSA) is 35.5 Å². The van der Waals surface area contributed by atoms with Gasteiger partial charge in [0, 0.05) is 12.8 Å². The fraction of sp³-hybridized carbons (Fsp3) is 0.643. The largest absolute Gasteiger partial charge is 0.490 e. The average molecular weight is 238 g/mol. The number of allylic oxidation sites excluding steroid dienone is 1. The first-order valence-corrected chi connectivity index (χ1v) is 6.26. The molecule has 0 aromatic rings. The van der Waals surface area contributed by atoms with Gasteiger partial charge in [-0.05, 0) is 19.3 Å². The minimum absolute atomic E-state index is 0.0726. The van der Waals surface area contributed by atoms with Crippen molar-refractivity contribution in [2.75, 3.05) is 6.61 Å². The van der Waals surface area contributed by atoms with Crippen molar-refractivity contribution in [3.05, 3.63) is 24.0 Å². The van der Waals surface area contributed by atoms with Gasteiger partial charge >= 0.3 is 5.97 Å². The van der Waals surface area contributed by atoms with Crippen molar-refractivity contribution >= 4 is 5.97 Å². The third-order valence-electron chi connectivity index (χ3n) is 2.77. The first kappa shape index (κ1) is 13.8. The summed E-state index contributed by atoms with van der Waals surface area (Å²) >= 11 is 0. The Morgan fingerprint density at radius 2 is 2.35 bits per heavy atom. The highest BCUT2D eigenvalue weighted by Crippen LogP contribution is 2.30. The van der Waals surface area contributed by atoms with Gasteiger partial charge < -0.3 is 9.47 Å². The highest BCUT2D eigenvalue weighted by molar-refractivity contribution is 5.89. The molecule has 0 saturated carbocycles. The van der Waals surface area contributed by atoms with Crippen LogP contribution >= 0.6 is 0 Å². The molecule has 0 N–H and O–H groups in total. The predicted molar refractivity (Wildman–Crippen MR) is 67.4 cm³/mol. The minimum Gasteiger partial charge on any atom is -0.490 e. The van der Waals surface area contributed by atoms with E-state index >= 15 is 0 Å². The van der Waals surface area contributed by atoms with Crippen LogP contribution in [-0.4, -0.2) is 18.7 Å². The summed E-state index contributed by atoms with van der Waals surface area (Å²) in [6, 6.07) is 0. The van der Waals surface area contributed by atoms with Crippen LogP contribution in [0.5, 0.6) is 0 Å². The van der Waals surface area contributed by atoms with Gasteiger partial charge in [0.25, 0.3) is 0 Å². The number of carbonyl (C=O) groups is 1. The zero-order chi connectivity index (χ0) is 12.8. The molecule has 3 heteroatoms. The van der Waals surface area contributed by atoms with Crippen molar-refractivity contribution in [1.82, 2.24) is 0 Å². The van der Waals surface area contributed by atoms with Gasteiger partial charge in [-0.1, -0.05) is 26.5 Å². The van der Waals surface area contributed by atoms with Crippen LogP contribution in [0.1, 0.15) is 40.0 Å². The van der Waals surface area contributed by atoms with Crippen molar-refractivity contribution in [3.8, 4) is 0 Å². The molecule has 1 unspecified atom stereocenters. The summed E-state index contributed by atoms with van der Waals surface area (Å²) in [5.74, 6) is 1.15. The van der Waals surface area contributed by atoms with E-state index in [-0.39, 0.29) is 12.1 Å². The number of carbonyl (C=O) groups excluding carboxylic acids is 1. The van der Waals surface area contributed by atoms with E-state index < -0.39 is 0 Å². The Bertz CT molecular complexity index is 315. The molecular formula is C14H22O3. The molecule has 1 heterocycles. The first-order valence-electron chi connectivity index (χ1n) is 6.26. The summed E-state index contributed by atoms with van der Waals surface area (Å²) in [6.45, 7) is 10.2. The van der Waals surface area contributed by atoms with Crippen molar-refractivity contribution in [2.24, 2.45) is 5.92 Å².